The van der Waals surface area contributed by atoms with Gasteiger partial charge in [-0.2, -0.15) is 0 Å². The smallest absolute Gasteiger partial charge is 0.330 e. The molecule has 0 fully saturated rings. The molecule has 0 aromatic rings. The van der Waals surface area contributed by atoms with Crippen LogP contribution in [0.3, 0.4) is 0 Å². The minimum absolute atomic E-state index is 0.153. The van der Waals surface area contributed by atoms with Crippen molar-refractivity contribution in [2.75, 3.05) is 27.4 Å². The summed E-state index contributed by atoms with van der Waals surface area (Å²) in [4.78, 5) is 22.3. The SMILES string of the molecule is COC(=O)CO[Si](C)(C)O[Si](C)(C)O[Si](C)(C)OCC(=O)OC. The summed E-state index contributed by atoms with van der Waals surface area (Å²) in [5.41, 5.74) is 0. The van der Waals surface area contributed by atoms with Gasteiger partial charge in [-0.05, 0) is 39.3 Å². The molecular weight excluding hydrogens is 356 g/mol. The number of methoxy groups -OCH3 is 2. The van der Waals surface area contributed by atoms with Crippen LogP contribution >= 0.6 is 0 Å². The maximum absolute atomic E-state index is 11.2. The van der Waals surface area contributed by atoms with Crippen molar-refractivity contribution in [2.45, 2.75) is 39.3 Å². The first-order valence-electron chi connectivity index (χ1n) is 7.14. The maximum Gasteiger partial charge on any atom is 0.330 e. The van der Waals surface area contributed by atoms with Gasteiger partial charge >= 0.3 is 37.6 Å². The largest absolute Gasteiger partial charge is 0.467 e. The third-order valence-electron chi connectivity index (χ3n) is 2.51. The van der Waals surface area contributed by atoms with Crippen molar-refractivity contribution in [3.8, 4) is 0 Å². The predicted molar refractivity (Wildman–Crippen MR) is 90.6 cm³/mol. The van der Waals surface area contributed by atoms with E-state index >= 15 is 0 Å². The Balaban J connectivity index is 4.59. The van der Waals surface area contributed by atoms with E-state index in [1.54, 1.807) is 0 Å². The second kappa shape index (κ2) is 9.06. The number of carbonyl (C=O) groups excluding carboxylic acids is 2. The van der Waals surface area contributed by atoms with Gasteiger partial charge in [-0.3, -0.25) is 0 Å². The van der Waals surface area contributed by atoms with Crippen LogP contribution in [-0.4, -0.2) is 65.1 Å². The number of hydrogen-bond donors (Lipinski definition) is 0. The first-order valence-corrected chi connectivity index (χ1v) is 15.6. The standard InChI is InChI=1S/C12H28O8Si3/c1-15-11(13)9-17-21(3,4)19-23(7,8)20-22(5,6)18-10-12(14)16-2/h9-10H2,1-8H3. The van der Waals surface area contributed by atoms with Crippen LogP contribution in [-0.2, 0) is 36.1 Å². The van der Waals surface area contributed by atoms with Gasteiger partial charge in [-0.25, -0.2) is 9.59 Å². The van der Waals surface area contributed by atoms with E-state index in [1.807, 2.05) is 39.3 Å². The van der Waals surface area contributed by atoms with Crippen LogP contribution in [0.15, 0.2) is 0 Å². The summed E-state index contributed by atoms with van der Waals surface area (Å²) >= 11 is 0. The molecule has 0 amide bonds. The zero-order chi connectivity index (χ0) is 18.3. The van der Waals surface area contributed by atoms with Gasteiger partial charge in [0.25, 0.3) is 0 Å². The predicted octanol–water partition coefficient (Wildman–Crippen LogP) is 1.50. The van der Waals surface area contributed by atoms with Crippen molar-refractivity contribution < 1.29 is 36.1 Å². The van der Waals surface area contributed by atoms with E-state index < -0.39 is 37.6 Å². The molecule has 0 bridgehead atoms. The summed E-state index contributed by atoms with van der Waals surface area (Å²) in [7, 11) is -5.08. The monoisotopic (exact) mass is 384 g/mol. The average molecular weight is 385 g/mol. The van der Waals surface area contributed by atoms with Crippen molar-refractivity contribution in [3.05, 3.63) is 0 Å². The van der Waals surface area contributed by atoms with Crippen molar-refractivity contribution >= 4 is 37.6 Å². The van der Waals surface area contributed by atoms with E-state index in [0.717, 1.165) is 0 Å². The van der Waals surface area contributed by atoms with Crippen molar-refractivity contribution in [3.63, 3.8) is 0 Å². The number of rotatable bonds is 10. The molecule has 0 aliphatic rings. The van der Waals surface area contributed by atoms with Crippen molar-refractivity contribution in [1.82, 2.24) is 0 Å². The van der Waals surface area contributed by atoms with E-state index in [2.05, 4.69) is 9.47 Å². The van der Waals surface area contributed by atoms with Crippen LogP contribution in [0.4, 0.5) is 0 Å². The van der Waals surface area contributed by atoms with Gasteiger partial charge in [0.15, 0.2) is 0 Å². The summed E-state index contributed by atoms with van der Waals surface area (Å²) < 4.78 is 32.3. The summed E-state index contributed by atoms with van der Waals surface area (Å²) in [6.45, 7) is 10.8. The number of hydrogen-bond acceptors (Lipinski definition) is 8. The van der Waals surface area contributed by atoms with E-state index in [-0.39, 0.29) is 13.2 Å². The van der Waals surface area contributed by atoms with Gasteiger partial charge < -0.3 is 26.6 Å². The quantitative estimate of drug-likeness (QED) is 0.413. The van der Waals surface area contributed by atoms with Gasteiger partial charge in [0, 0.05) is 0 Å². The van der Waals surface area contributed by atoms with Crippen LogP contribution in [0.25, 0.3) is 0 Å². The van der Waals surface area contributed by atoms with Crippen LogP contribution in [0.5, 0.6) is 0 Å². The summed E-state index contributed by atoms with van der Waals surface area (Å²) in [5.74, 6) is -0.906. The molecule has 0 heterocycles. The lowest BCUT2D eigenvalue weighted by atomic mass is 10.8. The lowest BCUT2D eigenvalue weighted by molar-refractivity contribution is -0.144. The van der Waals surface area contributed by atoms with Gasteiger partial charge in [0.1, 0.15) is 13.2 Å². The molecule has 23 heavy (non-hydrogen) atoms. The highest BCUT2D eigenvalue weighted by molar-refractivity contribution is 6.84. The van der Waals surface area contributed by atoms with Crippen LogP contribution in [0, 0.1) is 0 Å². The first kappa shape index (κ1) is 22.4. The molecule has 0 aliphatic heterocycles. The zero-order valence-corrected chi connectivity index (χ0v) is 18.2. The lowest BCUT2D eigenvalue weighted by Gasteiger charge is -2.37. The Labute approximate surface area is 141 Å². The minimum Gasteiger partial charge on any atom is -0.467 e. The summed E-state index contributed by atoms with van der Waals surface area (Å²) in [6, 6.07) is 0. The molecule has 0 saturated carbocycles. The molecule has 0 aliphatic carbocycles. The molecule has 0 rings (SSSR count). The number of esters is 2. The van der Waals surface area contributed by atoms with Gasteiger partial charge in [-0.15, -0.1) is 0 Å². The molecule has 8 nitrogen and oxygen atoms in total. The fourth-order valence-electron chi connectivity index (χ4n) is 1.85. The summed E-state index contributed by atoms with van der Waals surface area (Å²) in [5, 5.41) is 0. The van der Waals surface area contributed by atoms with Crippen LogP contribution in [0.1, 0.15) is 0 Å². The minimum atomic E-state index is -2.57. The molecule has 0 saturated heterocycles. The highest BCUT2D eigenvalue weighted by Crippen LogP contribution is 2.21. The molecular formula is C12H28O8Si3. The first-order chi connectivity index (χ1) is 10.3. The Morgan fingerprint density at radius 1 is 0.652 bits per heavy atom. The maximum atomic E-state index is 11.2. The molecule has 0 radical (unpaired) electrons. The van der Waals surface area contributed by atoms with E-state index in [0.29, 0.717) is 0 Å². The molecule has 11 heteroatoms. The second-order valence-electron chi connectivity index (χ2n) is 6.13. The van der Waals surface area contributed by atoms with Crippen molar-refractivity contribution in [1.29, 1.82) is 0 Å². The Bertz CT molecular complexity index is 375. The van der Waals surface area contributed by atoms with Gasteiger partial charge in [0.05, 0.1) is 14.2 Å². The fourth-order valence-corrected chi connectivity index (χ4v) is 13.3. The molecule has 0 atom stereocenters. The Kier molecular flexibility index (Phi) is 8.83. The van der Waals surface area contributed by atoms with Crippen molar-refractivity contribution in [2.24, 2.45) is 0 Å². The number of ether oxygens (including phenoxy) is 2. The van der Waals surface area contributed by atoms with Crippen LogP contribution < -0.4 is 0 Å². The van der Waals surface area contributed by atoms with Crippen LogP contribution in [0.2, 0.25) is 39.3 Å². The van der Waals surface area contributed by atoms with E-state index in [1.165, 1.54) is 14.2 Å². The Morgan fingerprint density at radius 2 is 0.957 bits per heavy atom. The number of carbonyl (C=O) groups is 2. The molecule has 0 spiro atoms. The third kappa shape index (κ3) is 10.8. The molecule has 136 valence electrons. The third-order valence-corrected chi connectivity index (χ3v) is 12.1. The van der Waals surface area contributed by atoms with E-state index in [4.69, 9.17) is 17.1 Å². The Hall–Kier alpha value is -0.569. The molecule has 0 unspecified atom stereocenters. The zero-order valence-electron chi connectivity index (χ0n) is 15.2. The molecule has 0 aromatic heterocycles. The van der Waals surface area contributed by atoms with Gasteiger partial charge in [0.2, 0.25) is 0 Å². The highest BCUT2D eigenvalue weighted by Gasteiger charge is 2.42. The molecule has 0 N–H and O–H groups in total. The average Bonchev–Trinajstić information content (AvgIpc) is 2.39. The second-order valence-corrected chi connectivity index (χ2v) is 16.7. The molecule has 0 aromatic carbocycles. The van der Waals surface area contributed by atoms with Gasteiger partial charge in [-0.1, -0.05) is 0 Å². The highest BCUT2D eigenvalue weighted by atomic mass is 28.5. The Morgan fingerprint density at radius 3 is 1.22 bits per heavy atom. The fraction of sp³-hybridized carbons (Fsp3) is 0.833. The normalized spacial score (nSPS) is 12.9. The lowest BCUT2D eigenvalue weighted by Crippen LogP contribution is -2.55. The summed E-state index contributed by atoms with van der Waals surface area (Å²) in [6.07, 6.45) is 0. The van der Waals surface area contributed by atoms with E-state index in [9.17, 15) is 9.59 Å². The topological polar surface area (TPSA) is 89.5 Å².